The Morgan fingerprint density at radius 2 is 1.66 bits per heavy atom. The Bertz CT molecular complexity index is 1050. The van der Waals surface area contributed by atoms with Crippen LogP contribution in [0.15, 0.2) is 60.7 Å². The molecular weight excluding hydrogens is 364 g/mol. The Hall–Kier alpha value is -3.47. The van der Waals surface area contributed by atoms with Gasteiger partial charge in [-0.15, -0.1) is 0 Å². The monoisotopic (exact) mass is 388 g/mol. The van der Waals surface area contributed by atoms with Crippen LogP contribution in [0.4, 0.5) is 0 Å². The van der Waals surface area contributed by atoms with Crippen LogP contribution in [-0.4, -0.2) is 27.6 Å². The molecule has 0 amide bonds. The van der Waals surface area contributed by atoms with Crippen molar-refractivity contribution in [3.63, 3.8) is 0 Å². The van der Waals surface area contributed by atoms with Crippen LogP contribution in [0.3, 0.4) is 0 Å². The summed E-state index contributed by atoms with van der Waals surface area (Å²) in [6, 6.07) is 17.0. The number of benzene rings is 2. The average molecular weight is 388 g/mol. The van der Waals surface area contributed by atoms with Gasteiger partial charge in [0.1, 0.15) is 0 Å². The van der Waals surface area contributed by atoms with E-state index in [2.05, 4.69) is 5.10 Å². The number of rotatable bonds is 6. The number of carbonyl (C=O) groups excluding carboxylic acids is 2. The van der Waals surface area contributed by atoms with Crippen LogP contribution in [0.5, 0.6) is 0 Å². The zero-order chi connectivity index (χ0) is 21.0. The van der Waals surface area contributed by atoms with E-state index in [1.54, 1.807) is 25.1 Å². The number of para-hydroxylation sites is 1. The molecule has 29 heavy (non-hydrogen) atoms. The predicted molar refractivity (Wildman–Crippen MR) is 113 cm³/mol. The summed E-state index contributed by atoms with van der Waals surface area (Å²) >= 11 is 0. The fraction of sp³-hybridized carbons (Fsp3) is 0.208. The number of nitrogens with zero attached hydrogens (tertiary/aromatic N) is 2. The highest BCUT2D eigenvalue weighted by Gasteiger charge is 2.18. The van der Waals surface area contributed by atoms with Gasteiger partial charge in [0, 0.05) is 22.9 Å². The molecular formula is C24H24N2O3. The smallest absolute Gasteiger partial charge is 0.331 e. The van der Waals surface area contributed by atoms with E-state index in [0.29, 0.717) is 5.56 Å². The molecule has 1 heterocycles. The number of Topliss-reactive ketones (excluding diaryl/α,β-unsaturated/α-hetero) is 1. The molecule has 0 aliphatic heterocycles. The minimum absolute atomic E-state index is 0.226. The number of aromatic nitrogens is 2. The highest BCUT2D eigenvalue weighted by molar-refractivity contribution is 6.01. The quantitative estimate of drug-likeness (QED) is 0.351. The van der Waals surface area contributed by atoms with E-state index in [0.717, 1.165) is 28.2 Å². The SMILES string of the molecule is Cc1ccc(C(=O)[C@@H](C)OC(=O)/C=C/c2c(C)nn(-c3ccccc3)c2C)cc1. The molecule has 0 aliphatic carbocycles. The van der Waals surface area contributed by atoms with Crippen molar-refractivity contribution in [2.45, 2.75) is 33.8 Å². The van der Waals surface area contributed by atoms with E-state index >= 15 is 0 Å². The van der Waals surface area contributed by atoms with E-state index in [9.17, 15) is 9.59 Å². The maximum atomic E-state index is 12.4. The second-order valence-corrected chi connectivity index (χ2v) is 6.97. The Morgan fingerprint density at radius 3 is 2.31 bits per heavy atom. The van der Waals surface area contributed by atoms with Gasteiger partial charge in [0.2, 0.25) is 5.78 Å². The third kappa shape index (κ3) is 4.69. The molecule has 0 saturated heterocycles. The van der Waals surface area contributed by atoms with E-state index < -0.39 is 12.1 Å². The molecule has 3 aromatic rings. The van der Waals surface area contributed by atoms with Gasteiger partial charge in [0.05, 0.1) is 11.4 Å². The van der Waals surface area contributed by atoms with Crippen LogP contribution in [0.2, 0.25) is 0 Å². The zero-order valence-corrected chi connectivity index (χ0v) is 17.0. The third-order valence-corrected chi connectivity index (χ3v) is 4.73. The first kappa shape index (κ1) is 20.3. The summed E-state index contributed by atoms with van der Waals surface area (Å²) in [5, 5.41) is 4.55. The fourth-order valence-electron chi connectivity index (χ4n) is 3.09. The summed E-state index contributed by atoms with van der Waals surface area (Å²) in [4.78, 5) is 24.6. The highest BCUT2D eigenvalue weighted by atomic mass is 16.5. The molecule has 5 nitrogen and oxygen atoms in total. The number of carbonyl (C=O) groups is 2. The van der Waals surface area contributed by atoms with Gasteiger partial charge in [-0.25, -0.2) is 9.48 Å². The van der Waals surface area contributed by atoms with Crippen molar-refractivity contribution in [2.75, 3.05) is 0 Å². The minimum atomic E-state index is -0.857. The highest BCUT2D eigenvalue weighted by Crippen LogP contribution is 2.19. The van der Waals surface area contributed by atoms with Crippen molar-refractivity contribution in [1.29, 1.82) is 0 Å². The lowest BCUT2D eigenvalue weighted by Gasteiger charge is -2.11. The van der Waals surface area contributed by atoms with Gasteiger partial charge in [-0.05, 0) is 45.9 Å². The molecule has 0 aliphatic rings. The van der Waals surface area contributed by atoms with Crippen molar-refractivity contribution in [1.82, 2.24) is 9.78 Å². The van der Waals surface area contributed by atoms with Crippen molar-refractivity contribution in [3.05, 3.63) is 88.8 Å². The molecule has 0 spiro atoms. The third-order valence-electron chi connectivity index (χ3n) is 4.73. The van der Waals surface area contributed by atoms with Crippen LogP contribution in [-0.2, 0) is 9.53 Å². The molecule has 5 heteroatoms. The summed E-state index contributed by atoms with van der Waals surface area (Å²) in [6.07, 6.45) is 2.16. The molecule has 1 atom stereocenters. The summed E-state index contributed by atoms with van der Waals surface area (Å²) in [6.45, 7) is 7.37. The summed E-state index contributed by atoms with van der Waals surface area (Å²) in [5.41, 5.74) is 5.11. The number of aryl methyl sites for hydroxylation is 2. The molecule has 0 N–H and O–H groups in total. The molecule has 0 bridgehead atoms. The fourth-order valence-corrected chi connectivity index (χ4v) is 3.09. The number of ether oxygens (including phenoxy) is 1. The van der Waals surface area contributed by atoms with E-state index in [1.807, 2.05) is 67.9 Å². The molecule has 0 fully saturated rings. The number of hydrogen-bond acceptors (Lipinski definition) is 4. The van der Waals surface area contributed by atoms with Crippen molar-refractivity contribution < 1.29 is 14.3 Å². The largest absolute Gasteiger partial charge is 0.451 e. The van der Waals surface area contributed by atoms with Gasteiger partial charge in [-0.2, -0.15) is 5.10 Å². The van der Waals surface area contributed by atoms with Crippen molar-refractivity contribution >= 4 is 17.8 Å². The normalized spacial score (nSPS) is 12.1. The molecule has 0 saturated carbocycles. The predicted octanol–water partition coefficient (Wildman–Crippen LogP) is 4.63. The Kier molecular flexibility index (Phi) is 6.07. The Labute approximate surface area is 170 Å². The van der Waals surface area contributed by atoms with Gasteiger partial charge in [0.25, 0.3) is 0 Å². The van der Waals surface area contributed by atoms with E-state index in [-0.39, 0.29) is 5.78 Å². The molecule has 1 aromatic heterocycles. The Balaban J connectivity index is 1.70. The molecule has 0 unspecified atom stereocenters. The first-order valence-electron chi connectivity index (χ1n) is 9.48. The van der Waals surface area contributed by atoms with Crippen LogP contribution in [0.25, 0.3) is 11.8 Å². The maximum absolute atomic E-state index is 12.4. The molecule has 148 valence electrons. The minimum Gasteiger partial charge on any atom is -0.451 e. The zero-order valence-electron chi connectivity index (χ0n) is 17.0. The van der Waals surface area contributed by atoms with Crippen molar-refractivity contribution in [2.24, 2.45) is 0 Å². The lowest BCUT2D eigenvalue weighted by atomic mass is 10.1. The molecule has 3 rings (SSSR count). The van der Waals surface area contributed by atoms with E-state index in [1.165, 1.54) is 6.08 Å². The first-order valence-corrected chi connectivity index (χ1v) is 9.48. The summed E-state index contributed by atoms with van der Waals surface area (Å²) < 4.78 is 7.12. The van der Waals surface area contributed by atoms with Gasteiger partial charge in [-0.3, -0.25) is 4.79 Å². The second kappa shape index (κ2) is 8.69. The lowest BCUT2D eigenvalue weighted by Crippen LogP contribution is -2.23. The maximum Gasteiger partial charge on any atom is 0.331 e. The molecule has 0 radical (unpaired) electrons. The molecule has 2 aromatic carbocycles. The summed E-state index contributed by atoms with van der Waals surface area (Å²) in [7, 11) is 0. The van der Waals surface area contributed by atoms with Crippen molar-refractivity contribution in [3.8, 4) is 5.69 Å². The lowest BCUT2D eigenvalue weighted by molar-refractivity contribution is -0.140. The van der Waals surface area contributed by atoms with Crippen LogP contribution >= 0.6 is 0 Å². The van der Waals surface area contributed by atoms with Gasteiger partial charge >= 0.3 is 5.97 Å². The van der Waals surface area contributed by atoms with Crippen LogP contribution in [0.1, 0.15) is 39.8 Å². The second-order valence-electron chi connectivity index (χ2n) is 6.97. The number of hydrogen-bond donors (Lipinski definition) is 0. The topological polar surface area (TPSA) is 61.2 Å². The van der Waals surface area contributed by atoms with E-state index in [4.69, 9.17) is 4.74 Å². The number of ketones is 1. The van der Waals surface area contributed by atoms with Gasteiger partial charge in [0.15, 0.2) is 6.10 Å². The number of esters is 1. The average Bonchev–Trinajstić information content (AvgIpc) is 3.00. The van der Waals surface area contributed by atoms with Gasteiger partial charge in [-0.1, -0.05) is 48.0 Å². The van der Waals surface area contributed by atoms with Crippen LogP contribution < -0.4 is 0 Å². The van der Waals surface area contributed by atoms with Crippen LogP contribution in [0, 0.1) is 20.8 Å². The van der Waals surface area contributed by atoms with Gasteiger partial charge < -0.3 is 4.74 Å². The summed E-state index contributed by atoms with van der Waals surface area (Å²) in [5.74, 6) is -0.791. The first-order chi connectivity index (χ1) is 13.9. The Morgan fingerprint density at radius 1 is 1.00 bits per heavy atom. The standard InChI is InChI=1S/C24H24N2O3/c1-16-10-12-20(13-11-16)24(28)19(4)29-23(27)15-14-22-17(2)25-26(18(22)3)21-8-6-5-7-9-21/h5-15,19H,1-4H3/b15-14+/t19-/m1/s1.